The van der Waals surface area contributed by atoms with Gasteiger partial charge >= 0.3 is 0 Å². The number of carbonyl (C=O) groups excluding carboxylic acids is 1. The van der Waals surface area contributed by atoms with E-state index in [1.54, 1.807) is 6.20 Å². The zero-order valence-corrected chi connectivity index (χ0v) is 16.5. The van der Waals surface area contributed by atoms with E-state index in [0.717, 1.165) is 43.1 Å². The van der Waals surface area contributed by atoms with Crippen LogP contribution < -0.4 is 5.32 Å². The summed E-state index contributed by atoms with van der Waals surface area (Å²) >= 11 is 5.96. The Bertz CT molecular complexity index is 723. The molecule has 0 radical (unpaired) electrons. The third-order valence-corrected chi connectivity index (χ3v) is 5.03. The van der Waals surface area contributed by atoms with E-state index >= 15 is 0 Å². The molecule has 0 unspecified atom stereocenters. The Hall–Kier alpha value is -1.95. The number of piperidine rings is 1. The zero-order valence-electron chi connectivity index (χ0n) is 15.8. The number of halogens is 1. The van der Waals surface area contributed by atoms with E-state index in [4.69, 9.17) is 11.6 Å². The largest absolute Gasteiger partial charge is 0.351 e. The first kappa shape index (κ1) is 19.8. The van der Waals surface area contributed by atoms with E-state index in [0.29, 0.717) is 13.1 Å². The normalized spacial score (nSPS) is 17.8. The van der Waals surface area contributed by atoms with Crippen LogP contribution in [0.3, 0.4) is 0 Å². The second-order valence-corrected chi connectivity index (χ2v) is 7.74. The molecule has 1 aromatic carbocycles. The molecule has 1 amide bonds. The molecule has 1 N–H and O–H groups in total. The van der Waals surface area contributed by atoms with Gasteiger partial charge in [-0.2, -0.15) is 0 Å². The van der Waals surface area contributed by atoms with Crippen molar-refractivity contribution in [2.75, 3.05) is 26.7 Å². The second-order valence-electron chi connectivity index (χ2n) is 7.30. The lowest BCUT2D eigenvalue weighted by molar-refractivity contribution is -0.123. The molecule has 2 heterocycles. The summed E-state index contributed by atoms with van der Waals surface area (Å²) in [6.45, 7) is 3.96. The van der Waals surface area contributed by atoms with Gasteiger partial charge in [0.1, 0.15) is 0 Å². The number of nitrogens with one attached hydrogen (secondary N) is 1. The Kier molecular flexibility index (Phi) is 7.21. The lowest BCUT2D eigenvalue weighted by atomic mass is 10.0. The van der Waals surface area contributed by atoms with Crippen molar-refractivity contribution in [2.45, 2.75) is 32.0 Å². The van der Waals surface area contributed by atoms with E-state index in [1.807, 2.05) is 42.4 Å². The maximum Gasteiger partial charge on any atom is 0.234 e. The Morgan fingerprint density at radius 3 is 2.85 bits per heavy atom. The number of rotatable bonds is 7. The van der Waals surface area contributed by atoms with Gasteiger partial charge in [-0.05, 0) is 55.8 Å². The van der Waals surface area contributed by atoms with Gasteiger partial charge in [0.2, 0.25) is 5.91 Å². The topological polar surface area (TPSA) is 48.5 Å². The van der Waals surface area contributed by atoms with Crippen LogP contribution >= 0.6 is 11.6 Å². The quantitative estimate of drug-likeness (QED) is 0.794. The summed E-state index contributed by atoms with van der Waals surface area (Å²) in [7, 11) is 1.96. The van der Waals surface area contributed by atoms with Crippen LogP contribution in [0.1, 0.15) is 24.0 Å². The molecule has 5 nitrogen and oxygen atoms in total. The summed E-state index contributed by atoms with van der Waals surface area (Å²) in [5.74, 6) is 0.0831. The van der Waals surface area contributed by atoms with Crippen LogP contribution in [0, 0.1) is 0 Å². The lowest BCUT2D eigenvalue weighted by Gasteiger charge is -2.33. The van der Waals surface area contributed by atoms with Crippen LogP contribution in [0.4, 0.5) is 0 Å². The van der Waals surface area contributed by atoms with Crippen molar-refractivity contribution in [3.63, 3.8) is 0 Å². The van der Waals surface area contributed by atoms with Gasteiger partial charge in [-0.1, -0.05) is 29.8 Å². The van der Waals surface area contributed by atoms with Crippen molar-refractivity contribution < 1.29 is 4.79 Å². The highest BCUT2D eigenvalue weighted by molar-refractivity contribution is 6.30. The van der Waals surface area contributed by atoms with Gasteiger partial charge in [-0.3, -0.25) is 19.6 Å². The van der Waals surface area contributed by atoms with Crippen molar-refractivity contribution in [1.82, 2.24) is 20.1 Å². The fourth-order valence-electron chi connectivity index (χ4n) is 3.54. The van der Waals surface area contributed by atoms with Gasteiger partial charge < -0.3 is 5.32 Å². The van der Waals surface area contributed by atoms with Crippen molar-refractivity contribution >= 4 is 17.5 Å². The SMILES string of the molecule is CN(CC(=O)N[C@@H]1CCCN(Cc2ccc(Cl)cc2)C1)Cc1cccnc1. The van der Waals surface area contributed by atoms with E-state index in [1.165, 1.54) is 5.56 Å². The Morgan fingerprint density at radius 1 is 1.30 bits per heavy atom. The second kappa shape index (κ2) is 9.83. The summed E-state index contributed by atoms with van der Waals surface area (Å²) < 4.78 is 0. The summed E-state index contributed by atoms with van der Waals surface area (Å²) in [5, 5.41) is 3.96. The number of amides is 1. The zero-order chi connectivity index (χ0) is 19.1. The van der Waals surface area contributed by atoms with Gasteiger partial charge in [-0.15, -0.1) is 0 Å². The molecule has 144 valence electrons. The number of hydrogen-bond donors (Lipinski definition) is 1. The fraction of sp³-hybridized carbons (Fsp3) is 0.429. The summed E-state index contributed by atoms with van der Waals surface area (Å²) in [6.07, 6.45) is 5.73. The van der Waals surface area contributed by atoms with Crippen LogP contribution in [0.15, 0.2) is 48.8 Å². The first-order valence-electron chi connectivity index (χ1n) is 9.42. The molecule has 0 bridgehead atoms. The Morgan fingerprint density at radius 2 is 2.11 bits per heavy atom. The first-order valence-corrected chi connectivity index (χ1v) is 9.80. The predicted molar refractivity (Wildman–Crippen MR) is 108 cm³/mol. The highest BCUT2D eigenvalue weighted by atomic mass is 35.5. The predicted octanol–water partition coefficient (Wildman–Crippen LogP) is 2.95. The van der Waals surface area contributed by atoms with Crippen LogP contribution in [0.25, 0.3) is 0 Å². The minimum absolute atomic E-state index is 0.0831. The molecule has 0 saturated carbocycles. The van der Waals surface area contributed by atoms with Crippen molar-refractivity contribution in [2.24, 2.45) is 0 Å². The first-order chi connectivity index (χ1) is 13.1. The van der Waals surface area contributed by atoms with Crippen LogP contribution in [-0.4, -0.2) is 53.4 Å². The van der Waals surface area contributed by atoms with Crippen molar-refractivity contribution in [3.05, 3.63) is 64.9 Å². The molecular weight excluding hydrogens is 360 g/mol. The molecule has 27 heavy (non-hydrogen) atoms. The minimum Gasteiger partial charge on any atom is -0.351 e. The Labute approximate surface area is 166 Å². The molecule has 1 aliphatic heterocycles. The molecule has 1 aliphatic rings. The summed E-state index contributed by atoms with van der Waals surface area (Å²) in [6, 6.07) is 12.1. The van der Waals surface area contributed by atoms with E-state index < -0.39 is 0 Å². The molecule has 1 aromatic heterocycles. The van der Waals surface area contributed by atoms with Gasteiger partial charge in [0.15, 0.2) is 0 Å². The number of benzene rings is 1. The number of carbonyl (C=O) groups is 1. The van der Waals surface area contributed by atoms with E-state index in [9.17, 15) is 4.79 Å². The molecule has 1 atom stereocenters. The van der Waals surface area contributed by atoms with E-state index in [-0.39, 0.29) is 11.9 Å². The average Bonchev–Trinajstić information content (AvgIpc) is 2.64. The molecule has 0 spiro atoms. The van der Waals surface area contributed by atoms with Crippen molar-refractivity contribution in [3.8, 4) is 0 Å². The third-order valence-electron chi connectivity index (χ3n) is 4.78. The van der Waals surface area contributed by atoms with Gasteiger partial charge in [0.05, 0.1) is 6.54 Å². The molecule has 2 aromatic rings. The molecular formula is C21H27ClN4O. The highest BCUT2D eigenvalue weighted by Gasteiger charge is 2.21. The molecule has 0 aliphatic carbocycles. The average molecular weight is 387 g/mol. The Balaban J connectivity index is 1.44. The smallest absolute Gasteiger partial charge is 0.234 e. The monoisotopic (exact) mass is 386 g/mol. The van der Waals surface area contributed by atoms with E-state index in [2.05, 4.69) is 27.3 Å². The maximum absolute atomic E-state index is 12.4. The van der Waals surface area contributed by atoms with Gasteiger partial charge in [-0.25, -0.2) is 0 Å². The van der Waals surface area contributed by atoms with Gasteiger partial charge in [0, 0.05) is 43.1 Å². The van der Waals surface area contributed by atoms with Crippen LogP contribution in [-0.2, 0) is 17.9 Å². The number of likely N-dealkylation sites (N-methyl/N-ethyl adjacent to an activating group) is 1. The molecule has 3 rings (SSSR count). The molecule has 1 saturated heterocycles. The molecule has 1 fully saturated rings. The number of aromatic nitrogens is 1. The number of pyridine rings is 1. The third kappa shape index (κ3) is 6.61. The lowest BCUT2D eigenvalue weighted by Crippen LogP contribution is -2.49. The van der Waals surface area contributed by atoms with Gasteiger partial charge in [0.25, 0.3) is 0 Å². The van der Waals surface area contributed by atoms with Crippen LogP contribution in [0.5, 0.6) is 0 Å². The number of nitrogens with zero attached hydrogens (tertiary/aromatic N) is 3. The summed E-state index contributed by atoms with van der Waals surface area (Å²) in [5.41, 5.74) is 2.36. The minimum atomic E-state index is 0.0831. The summed E-state index contributed by atoms with van der Waals surface area (Å²) in [4.78, 5) is 20.9. The standard InChI is InChI=1S/C21H27ClN4O/c1-25(13-18-4-2-10-23-12-18)16-21(27)24-20-5-3-11-26(15-20)14-17-6-8-19(22)9-7-17/h2,4,6-10,12,20H,3,5,11,13-16H2,1H3,(H,24,27)/t20-/m1/s1. The number of likely N-dealkylation sites (tertiary alicyclic amines) is 1. The molecule has 6 heteroatoms. The van der Waals surface area contributed by atoms with Crippen molar-refractivity contribution in [1.29, 1.82) is 0 Å². The van der Waals surface area contributed by atoms with Crippen LogP contribution in [0.2, 0.25) is 5.02 Å². The highest BCUT2D eigenvalue weighted by Crippen LogP contribution is 2.16. The maximum atomic E-state index is 12.4. The fourth-order valence-corrected chi connectivity index (χ4v) is 3.67. The number of hydrogen-bond acceptors (Lipinski definition) is 4.